The second-order valence-electron chi connectivity index (χ2n) is 7.69. The lowest BCUT2D eigenvalue weighted by molar-refractivity contribution is -0.154. The summed E-state index contributed by atoms with van der Waals surface area (Å²) in [6, 6.07) is 3.15. The third-order valence-electron chi connectivity index (χ3n) is 6.16. The Morgan fingerprint density at radius 3 is 2.30 bits per heavy atom. The standard InChI is InChI=1S/C18H23NO3S/c1-22-17(21)15(19-16(20)14-3-2-4-23-14)18-8-11-5-12(9-18)7-13(6-11)10-18/h2-4,11-13,15H,5-10H2,1H3,(H,19,20). The Balaban J connectivity index is 1.61. The van der Waals surface area contributed by atoms with Crippen LogP contribution in [0.3, 0.4) is 0 Å². The lowest BCUT2D eigenvalue weighted by atomic mass is 9.47. The van der Waals surface area contributed by atoms with E-state index in [1.165, 1.54) is 37.7 Å². The Labute approximate surface area is 140 Å². The molecule has 4 fully saturated rings. The van der Waals surface area contributed by atoms with Crippen molar-refractivity contribution in [3.8, 4) is 0 Å². The summed E-state index contributed by atoms with van der Waals surface area (Å²) in [6.07, 6.45) is 7.11. The summed E-state index contributed by atoms with van der Waals surface area (Å²) in [4.78, 5) is 25.7. The number of methoxy groups -OCH3 is 1. The summed E-state index contributed by atoms with van der Waals surface area (Å²) in [5.74, 6) is 1.76. The fourth-order valence-corrected chi connectivity index (χ4v) is 6.35. The van der Waals surface area contributed by atoms with E-state index >= 15 is 0 Å². The van der Waals surface area contributed by atoms with Gasteiger partial charge in [-0.3, -0.25) is 4.79 Å². The predicted octanol–water partition coefficient (Wildman–Crippen LogP) is 3.24. The number of thiophene rings is 1. The van der Waals surface area contributed by atoms with Gasteiger partial charge in [0.15, 0.2) is 0 Å². The van der Waals surface area contributed by atoms with Crippen molar-refractivity contribution in [1.82, 2.24) is 5.32 Å². The van der Waals surface area contributed by atoms with Gasteiger partial charge in [0.05, 0.1) is 12.0 Å². The van der Waals surface area contributed by atoms with Crippen LogP contribution in [0.15, 0.2) is 17.5 Å². The second kappa shape index (κ2) is 5.62. The summed E-state index contributed by atoms with van der Waals surface area (Å²) in [7, 11) is 1.42. The molecule has 1 N–H and O–H groups in total. The Morgan fingerprint density at radius 2 is 1.83 bits per heavy atom. The molecule has 0 saturated heterocycles. The maximum Gasteiger partial charge on any atom is 0.328 e. The molecule has 4 aliphatic rings. The van der Waals surface area contributed by atoms with Gasteiger partial charge in [-0.05, 0) is 67.7 Å². The van der Waals surface area contributed by atoms with Crippen molar-refractivity contribution in [2.45, 2.75) is 44.6 Å². The van der Waals surface area contributed by atoms with E-state index in [9.17, 15) is 9.59 Å². The molecule has 1 aromatic rings. The lowest BCUT2D eigenvalue weighted by Gasteiger charge is -2.58. The fraction of sp³-hybridized carbons (Fsp3) is 0.667. The van der Waals surface area contributed by atoms with Crippen molar-refractivity contribution in [3.63, 3.8) is 0 Å². The Morgan fingerprint density at radius 1 is 1.22 bits per heavy atom. The highest BCUT2D eigenvalue weighted by molar-refractivity contribution is 7.12. The van der Waals surface area contributed by atoms with Gasteiger partial charge in [0.1, 0.15) is 6.04 Å². The molecule has 0 aromatic carbocycles. The summed E-state index contributed by atoms with van der Waals surface area (Å²) in [6.45, 7) is 0. The zero-order valence-corrected chi connectivity index (χ0v) is 14.2. The third kappa shape index (κ3) is 2.59. The molecule has 5 heteroatoms. The summed E-state index contributed by atoms with van der Waals surface area (Å²) in [5.41, 5.74) is -0.0885. The molecule has 124 valence electrons. The normalized spacial score (nSPS) is 35.8. The minimum Gasteiger partial charge on any atom is -0.467 e. The fourth-order valence-electron chi connectivity index (χ4n) is 5.72. The Bertz CT molecular complexity index is 575. The molecule has 0 radical (unpaired) electrons. The van der Waals surface area contributed by atoms with Gasteiger partial charge in [-0.15, -0.1) is 11.3 Å². The van der Waals surface area contributed by atoms with E-state index in [1.807, 2.05) is 11.4 Å². The molecular formula is C18H23NO3S. The molecular weight excluding hydrogens is 310 g/mol. The molecule has 0 aliphatic heterocycles. The molecule has 1 heterocycles. The van der Waals surface area contributed by atoms with Crippen LogP contribution in [0.1, 0.15) is 48.2 Å². The van der Waals surface area contributed by atoms with Crippen molar-refractivity contribution < 1.29 is 14.3 Å². The molecule has 5 rings (SSSR count). The SMILES string of the molecule is COC(=O)C(NC(=O)c1cccs1)C12CC3CC(CC(C3)C1)C2. The third-order valence-corrected chi connectivity index (χ3v) is 7.02. The minimum absolute atomic E-state index is 0.0885. The maximum absolute atomic E-state index is 12.5. The van der Waals surface area contributed by atoms with E-state index in [0.29, 0.717) is 4.88 Å². The van der Waals surface area contributed by atoms with Crippen LogP contribution in [0.2, 0.25) is 0 Å². The molecule has 1 amide bonds. The van der Waals surface area contributed by atoms with Crippen LogP contribution in [-0.2, 0) is 9.53 Å². The quantitative estimate of drug-likeness (QED) is 0.861. The Hall–Kier alpha value is -1.36. The zero-order valence-electron chi connectivity index (χ0n) is 13.4. The van der Waals surface area contributed by atoms with Crippen molar-refractivity contribution >= 4 is 23.2 Å². The number of amides is 1. The average Bonchev–Trinajstić information content (AvgIpc) is 3.04. The molecule has 4 aliphatic carbocycles. The van der Waals surface area contributed by atoms with Gasteiger partial charge in [0, 0.05) is 5.41 Å². The molecule has 1 aromatic heterocycles. The lowest BCUT2D eigenvalue weighted by Crippen LogP contribution is -2.60. The first-order chi connectivity index (χ1) is 11.1. The zero-order chi connectivity index (χ0) is 16.0. The van der Waals surface area contributed by atoms with E-state index < -0.39 is 6.04 Å². The van der Waals surface area contributed by atoms with E-state index in [4.69, 9.17) is 4.74 Å². The smallest absolute Gasteiger partial charge is 0.328 e. The molecule has 0 spiro atoms. The minimum atomic E-state index is -0.504. The van der Waals surface area contributed by atoms with Crippen molar-refractivity contribution in [1.29, 1.82) is 0 Å². The van der Waals surface area contributed by atoms with E-state index in [1.54, 1.807) is 6.07 Å². The molecule has 1 atom stereocenters. The number of rotatable bonds is 4. The molecule has 23 heavy (non-hydrogen) atoms. The van der Waals surface area contributed by atoms with Gasteiger partial charge < -0.3 is 10.1 Å². The summed E-state index contributed by atoms with van der Waals surface area (Å²) >= 11 is 1.41. The van der Waals surface area contributed by atoms with Crippen LogP contribution in [0.25, 0.3) is 0 Å². The van der Waals surface area contributed by atoms with Crippen LogP contribution in [-0.4, -0.2) is 25.0 Å². The van der Waals surface area contributed by atoms with Gasteiger partial charge in [0.2, 0.25) is 0 Å². The summed E-state index contributed by atoms with van der Waals surface area (Å²) < 4.78 is 5.07. The number of carbonyl (C=O) groups is 2. The topological polar surface area (TPSA) is 55.4 Å². The molecule has 1 unspecified atom stereocenters. The van der Waals surface area contributed by atoms with E-state index in [2.05, 4.69) is 5.32 Å². The number of carbonyl (C=O) groups excluding carboxylic acids is 2. The van der Waals surface area contributed by atoms with E-state index in [0.717, 1.165) is 37.0 Å². The number of ether oxygens (including phenoxy) is 1. The molecule has 4 bridgehead atoms. The number of nitrogens with one attached hydrogen (secondary N) is 1. The average molecular weight is 333 g/mol. The van der Waals surface area contributed by atoms with Crippen molar-refractivity contribution in [2.75, 3.05) is 7.11 Å². The van der Waals surface area contributed by atoms with Gasteiger partial charge >= 0.3 is 5.97 Å². The van der Waals surface area contributed by atoms with Crippen molar-refractivity contribution in [3.05, 3.63) is 22.4 Å². The predicted molar refractivity (Wildman–Crippen MR) is 88.2 cm³/mol. The van der Waals surface area contributed by atoms with Gasteiger partial charge in [0.25, 0.3) is 5.91 Å². The van der Waals surface area contributed by atoms with Crippen LogP contribution < -0.4 is 5.32 Å². The number of hydrogen-bond donors (Lipinski definition) is 1. The van der Waals surface area contributed by atoms with Crippen molar-refractivity contribution in [2.24, 2.45) is 23.2 Å². The van der Waals surface area contributed by atoms with Gasteiger partial charge in [-0.25, -0.2) is 4.79 Å². The first-order valence-corrected chi connectivity index (χ1v) is 9.40. The summed E-state index contributed by atoms with van der Waals surface area (Å²) in [5, 5.41) is 4.91. The van der Waals surface area contributed by atoms with Gasteiger partial charge in [-0.1, -0.05) is 6.07 Å². The number of hydrogen-bond acceptors (Lipinski definition) is 4. The number of esters is 1. The molecule has 4 saturated carbocycles. The highest BCUT2D eigenvalue weighted by Crippen LogP contribution is 2.61. The molecule has 4 nitrogen and oxygen atoms in total. The van der Waals surface area contributed by atoms with Crippen LogP contribution in [0.5, 0.6) is 0 Å². The Kier molecular flexibility index (Phi) is 3.71. The van der Waals surface area contributed by atoms with E-state index in [-0.39, 0.29) is 17.3 Å². The highest BCUT2D eigenvalue weighted by atomic mass is 32.1. The monoisotopic (exact) mass is 333 g/mol. The first-order valence-electron chi connectivity index (χ1n) is 8.52. The van der Waals surface area contributed by atoms with Crippen LogP contribution >= 0.6 is 11.3 Å². The second-order valence-corrected chi connectivity index (χ2v) is 8.63. The van der Waals surface area contributed by atoms with Crippen LogP contribution in [0, 0.1) is 23.2 Å². The van der Waals surface area contributed by atoms with Gasteiger partial charge in [-0.2, -0.15) is 0 Å². The highest BCUT2D eigenvalue weighted by Gasteiger charge is 2.56. The maximum atomic E-state index is 12.5. The first kappa shape index (κ1) is 15.2. The largest absolute Gasteiger partial charge is 0.467 e. The van der Waals surface area contributed by atoms with Crippen LogP contribution in [0.4, 0.5) is 0 Å².